The van der Waals surface area contributed by atoms with Crippen LogP contribution in [0.4, 0.5) is 0 Å². The fraction of sp³-hybridized carbons (Fsp3) is 0.579. The van der Waals surface area contributed by atoms with Crippen LogP contribution in [0.15, 0.2) is 24.3 Å². The van der Waals surface area contributed by atoms with Gasteiger partial charge in [0.2, 0.25) is 5.91 Å². The normalized spacial score (nSPS) is 22.5. The molecule has 1 aliphatic heterocycles. The molecule has 0 bridgehead atoms. The van der Waals surface area contributed by atoms with Crippen LogP contribution in [0.1, 0.15) is 48.5 Å². The fourth-order valence-electron chi connectivity index (χ4n) is 4.31. The molecule has 1 spiro atoms. The first-order chi connectivity index (χ1) is 11.1. The van der Waals surface area contributed by atoms with E-state index in [1.54, 1.807) is 7.05 Å². The summed E-state index contributed by atoms with van der Waals surface area (Å²) in [5, 5.41) is 2.80. The number of nitrogens with zero attached hydrogens (tertiary/aromatic N) is 1. The largest absolute Gasteiger partial charge is 0.359 e. The molecule has 2 amide bonds. The standard InChI is InChI=1S/C19H26N2O2/c1-3-14-6-8-15(9-7-14)18(23)21-12-16(17(22)20-2)19(13-21)10-4-5-11-19/h6-9,16H,3-5,10-13H2,1-2H3,(H,20,22)/t16-/m1/s1. The molecule has 1 aromatic rings. The zero-order chi connectivity index (χ0) is 16.4. The molecule has 1 atom stereocenters. The Hall–Kier alpha value is -1.84. The van der Waals surface area contributed by atoms with E-state index in [0.29, 0.717) is 6.54 Å². The van der Waals surface area contributed by atoms with Gasteiger partial charge in [-0.3, -0.25) is 9.59 Å². The van der Waals surface area contributed by atoms with E-state index in [1.807, 2.05) is 29.2 Å². The Morgan fingerprint density at radius 2 is 1.87 bits per heavy atom. The number of hydrogen-bond acceptors (Lipinski definition) is 2. The van der Waals surface area contributed by atoms with Crippen molar-refractivity contribution in [3.63, 3.8) is 0 Å². The molecule has 1 aromatic carbocycles. The van der Waals surface area contributed by atoms with Crippen molar-refractivity contribution in [3.05, 3.63) is 35.4 Å². The molecule has 0 aromatic heterocycles. The monoisotopic (exact) mass is 314 g/mol. The van der Waals surface area contributed by atoms with Crippen LogP contribution in [0.25, 0.3) is 0 Å². The SMILES string of the molecule is CCc1ccc(C(=O)N2C[C@H](C(=O)NC)C3(CCCC3)C2)cc1. The van der Waals surface area contributed by atoms with Gasteiger partial charge in [-0.15, -0.1) is 0 Å². The Morgan fingerprint density at radius 3 is 2.43 bits per heavy atom. The maximum absolute atomic E-state index is 12.8. The summed E-state index contributed by atoms with van der Waals surface area (Å²) in [6, 6.07) is 7.86. The fourth-order valence-corrected chi connectivity index (χ4v) is 4.31. The smallest absolute Gasteiger partial charge is 0.253 e. The van der Waals surface area contributed by atoms with E-state index in [2.05, 4.69) is 12.2 Å². The second-order valence-corrected chi connectivity index (χ2v) is 6.97. The van der Waals surface area contributed by atoms with Crippen molar-refractivity contribution in [2.75, 3.05) is 20.1 Å². The average molecular weight is 314 g/mol. The number of carbonyl (C=O) groups excluding carboxylic acids is 2. The first kappa shape index (κ1) is 16.0. The first-order valence-corrected chi connectivity index (χ1v) is 8.69. The van der Waals surface area contributed by atoms with Gasteiger partial charge in [-0.05, 0) is 37.0 Å². The van der Waals surface area contributed by atoms with Crippen LogP contribution in [0.3, 0.4) is 0 Å². The van der Waals surface area contributed by atoms with Gasteiger partial charge in [0, 0.05) is 31.1 Å². The van der Waals surface area contributed by atoms with Crippen LogP contribution in [0.5, 0.6) is 0 Å². The van der Waals surface area contributed by atoms with Crippen molar-refractivity contribution in [1.29, 1.82) is 0 Å². The van der Waals surface area contributed by atoms with Crippen LogP contribution in [-0.2, 0) is 11.2 Å². The number of rotatable bonds is 3. The summed E-state index contributed by atoms with van der Waals surface area (Å²) >= 11 is 0. The van der Waals surface area contributed by atoms with Crippen molar-refractivity contribution in [1.82, 2.24) is 10.2 Å². The van der Waals surface area contributed by atoms with E-state index in [9.17, 15) is 9.59 Å². The zero-order valence-corrected chi connectivity index (χ0v) is 14.1. The van der Waals surface area contributed by atoms with Crippen molar-refractivity contribution < 1.29 is 9.59 Å². The topological polar surface area (TPSA) is 49.4 Å². The molecule has 1 N–H and O–H groups in total. The van der Waals surface area contributed by atoms with Crippen LogP contribution >= 0.6 is 0 Å². The Balaban J connectivity index is 1.80. The van der Waals surface area contributed by atoms with E-state index in [4.69, 9.17) is 0 Å². The molecular formula is C19H26N2O2. The first-order valence-electron chi connectivity index (χ1n) is 8.69. The molecular weight excluding hydrogens is 288 g/mol. The molecule has 1 aliphatic carbocycles. The highest BCUT2D eigenvalue weighted by molar-refractivity contribution is 5.95. The summed E-state index contributed by atoms with van der Waals surface area (Å²) in [5.74, 6) is 0.0859. The number of likely N-dealkylation sites (tertiary alicyclic amines) is 1. The molecule has 1 saturated heterocycles. The third-order valence-electron chi connectivity index (χ3n) is 5.71. The second-order valence-electron chi connectivity index (χ2n) is 6.97. The Bertz CT molecular complexity index is 588. The Kier molecular flexibility index (Phi) is 4.42. The van der Waals surface area contributed by atoms with Crippen molar-refractivity contribution in [2.24, 2.45) is 11.3 Å². The minimum Gasteiger partial charge on any atom is -0.359 e. The van der Waals surface area contributed by atoms with Crippen molar-refractivity contribution in [3.8, 4) is 0 Å². The van der Waals surface area contributed by atoms with Gasteiger partial charge in [0.1, 0.15) is 0 Å². The van der Waals surface area contributed by atoms with Crippen LogP contribution in [-0.4, -0.2) is 36.9 Å². The quantitative estimate of drug-likeness (QED) is 0.932. The molecule has 4 nitrogen and oxygen atoms in total. The molecule has 3 rings (SSSR count). The van der Waals surface area contributed by atoms with E-state index in [0.717, 1.165) is 31.4 Å². The lowest BCUT2D eigenvalue weighted by molar-refractivity contribution is -0.127. The molecule has 1 heterocycles. The number of aryl methyl sites for hydroxylation is 1. The highest BCUT2D eigenvalue weighted by Gasteiger charge is 2.52. The number of hydrogen-bond donors (Lipinski definition) is 1. The maximum atomic E-state index is 12.8. The lowest BCUT2D eigenvalue weighted by Crippen LogP contribution is -2.38. The summed E-state index contributed by atoms with van der Waals surface area (Å²) in [4.78, 5) is 27.0. The van der Waals surface area contributed by atoms with Crippen LogP contribution < -0.4 is 5.32 Å². The number of amides is 2. The lowest BCUT2D eigenvalue weighted by atomic mass is 9.76. The van der Waals surface area contributed by atoms with Gasteiger partial charge in [0.05, 0.1) is 5.92 Å². The Labute approximate surface area is 138 Å². The van der Waals surface area contributed by atoms with E-state index in [1.165, 1.54) is 18.4 Å². The zero-order valence-electron chi connectivity index (χ0n) is 14.1. The highest BCUT2D eigenvalue weighted by atomic mass is 16.2. The summed E-state index contributed by atoms with van der Waals surface area (Å²) in [6.45, 7) is 3.38. The van der Waals surface area contributed by atoms with Gasteiger partial charge in [-0.1, -0.05) is 31.9 Å². The van der Waals surface area contributed by atoms with E-state index in [-0.39, 0.29) is 23.1 Å². The van der Waals surface area contributed by atoms with Gasteiger partial charge in [0.15, 0.2) is 0 Å². The molecule has 23 heavy (non-hydrogen) atoms. The molecule has 0 radical (unpaired) electrons. The van der Waals surface area contributed by atoms with Crippen LogP contribution in [0, 0.1) is 11.3 Å². The van der Waals surface area contributed by atoms with Crippen LogP contribution in [0.2, 0.25) is 0 Å². The third kappa shape index (κ3) is 2.87. The highest BCUT2D eigenvalue weighted by Crippen LogP contribution is 2.49. The van der Waals surface area contributed by atoms with Gasteiger partial charge in [0.25, 0.3) is 5.91 Å². The minimum absolute atomic E-state index is 0.000880. The van der Waals surface area contributed by atoms with Crippen molar-refractivity contribution >= 4 is 11.8 Å². The summed E-state index contributed by atoms with van der Waals surface area (Å²) in [7, 11) is 1.69. The molecule has 2 fully saturated rings. The molecule has 2 aliphatic rings. The second kappa shape index (κ2) is 6.34. The number of nitrogens with one attached hydrogen (secondary N) is 1. The predicted molar refractivity (Wildman–Crippen MR) is 90.2 cm³/mol. The summed E-state index contributed by atoms with van der Waals surface area (Å²) in [5.41, 5.74) is 1.96. The van der Waals surface area contributed by atoms with Gasteiger partial charge in [-0.25, -0.2) is 0 Å². The lowest BCUT2D eigenvalue weighted by Gasteiger charge is -2.28. The van der Waals surface area contributed by atoms with Gasteiger partial charge < -0.3 is 10.2 Å². The van der Waals surface area contributed by atoms with Crippen molar-refractivity contribution in [2.45, 2.75) is 39.0 Å². The Morgan fingerprint density at radius 1 is 1.22 bits per heavy atom. The number of carbonyl (C=O) groups is 2. The minimum atomic E-state index is -0.0612. The number of benzene rings is 1. The van der Waals surface area contributed by atoms with Gasteiger partial charge >= 0.3 is 0 Å². The summed E-state index contributed by atoms with van der Waals surface area (Å²) in [6.07, 6.45) is 5.43. The molecule has 0 unspecified atom stereocenters. The summed E-state index contributed by atoms with van der Waals surface area (Å²) < 4.78 is 0. The average Bonchev–Trinajstić information content (AvgIpc) is 3.21. The third-order valence-corrected chi connectivity index (χ3v) is 5.71. The molecule has 1 saturated carbocycles. The molecule has 4 heteroatoms. The van der Waals surface area contributed by atoms with E-state index < -0.39 is 0 Å². The predicted octanol–water partition coefficient (Wildman–Crippen LogP) is 2.63. The van der Waals surface area contributed by atoms with Gasteiger partial charge in [-0.2, -0.15) is 0 Å². The van der Waals surface area contributed by atoms with E-state index >= 15 is 0 Å². The molecule has 124 valence electrons. The maximum Gasteiger partial charge on any atom is 0.253 e.